The minimum atomic E-state index is -0.219. The molecule has 4 atom stereocenters. The number of hydrogen-bond donors (Lipinski definition) is 0. The van der Waals surface area contributed by atoms with E-state index in [0.717, 1.165) is 35.3 Å². The van der Waals surface area contributed by atoms with Gasteiger partial charge in [-0.3, -0.25) is 4.98 Å². The van der Waals surface area contributed by atoms with E-state index in [1.165, 1.54) is 38.2 Å². The van der Waals surface area contributed by atoms with E-state index in [-0.39, 0.29) is 5.82 Å². The lowest BCUT2D eigenvalue weighted by Gasteiger charge is -2.28. The summed E-state index contributed by atoms with van der Waals surface area (Å²) in [5.41, 5.74) is 2.77. The van der Waals surface area contributed by atoms with Crippen molar-refractivity contribution < 1.29 is 9.13 Å². The topological polar surface area (TPSA) is 22.1 Å². The molecule has 1 heterocycles. The van der Waals surface area contributed by atoms with E-state index >= 15 is 0 Å². The summed E-state index contributed by atoms with van der Waals surface area (Å²) in [6, 6.07) is 10.7. The summed E-state index contributed by atoms with van der Waals surface area (Å²) in [6.07, 6.45) is 13.2. The SMILES string of the molecule is COC[C@H]1C[C@H]2CCCC[C@H]2[C@@H]1/C=C/c1ccc(-c2cccc(F)c2)cn1. The van der Waals surface area contributed by atoms with Crippen molar-refractivity contribution in [3.63, 3.8) is 0 Å². The molecule has 3 heteroatoms. The summed E-state index contributed by atoms with van der Waals surface area (Å²) in [5.74, 6) is 2.69. The van der Waals surface area contributed by atoms with Crippen LogP contribution >= 0.6 is 0 Å². The largest absolute Gasteiger partial charge is 0.384 e. The lowest BCUT2D eigenvalue weighted by Crippen LogP contribution is -2.20. The molecule has 0 amide bonds. The minimum absolute atomic E-state index is 0.219. The van der Waals surface area contributed by atoms with Crippen molar-refractivity contribution in [1.82, 2.24) is 4.98 Å². The predicted octanol–water partition coefficient (Wildman–Crippen LogP) is 5.99. The molecule has 0 saturated heterocycles. The number of allylic oxidation sites excluding steroid dienone is 1. The van der Waals surface area contributed by atoms with Gasteiger partial charge in [-0.2, -0.15) is 0 Å². The molecule has 2 saturated carbocycles. The van der Waals surface area contributed by atoms with Crippen LogP contribution in [0.2, 0.25) is 0 Å². The van der Waals surface area contributed by atoms with Gasteiger partial charge >= 0.3 is 0 Å². The Kier molecular flexibility index (Phi) is 5.68. The van der Waals surface area contributed by atoms with Crippen LogP contribution in [0.25, 0.3) is 17.2 Å². The summed E-state index contributed by atoms with van der Waals surface area (Å²) in [7, 11) is 1.81. The van der Waals surface area contributed by atoms with Crippen LogP contribution < -0.4 is 0 Å². The van der Waals surface area contributed by atoms with Gasteiger partial charge < -0.3 is 4.74 Å². The molecule has 0 bridgehead atoms. The highest BCUT2D eigenvalue weighted by molar-refractivity contribution is 5.63. The zero-order chi connectivity index (χ0) is 18.6. The smallest absolute Gasteiger partial charge is 0.123 e. The normalized spacial score (nSPS) is 27.8. The van der Waals surface area contributed by atoms with Crippen molar-refractivity contribution in [3.8, 4) is 11.1 Å². The summed E-state index contributed by atoms with van der Waals surface area (Å²) in [6.45, 7) is 0.855. The molecule has 2 aliphatic rings. The second kappa shape index (κ2) is 8.35. The number of ether oxygens (including phenoxy) is 1. The number of halogens is 1. The van der Waals surface area contributed by atoms with Gasteiger partial charge in [0, 0.05) is 25.5 Å². The van der Waals surface area contributed by atoms with E-state index in [2.05, 4.69) is 17.1 Å². The number of benzene rings is 1. The standard InChI is InChI=1S/C24H28FNO/c1-27-16-20-13-18-5-2-3-8-23(18)24(20)12-11-22-10-9-19(15-26-22)17-6-4-7-21(25)14-17/h4,6-7,9-12,14-15,18,20,23-24H,2-3,5,8,13,16H2,1H3/b12-11+/t18-,20-,23-,24-/m1/s1. The van der Waals surface area contributed by atoms with E-state index < -0.39 is 0 Å². The van der Waals surface area contributed by atoms with Crippen molar-refractivity contribution in [2.75, 3.05) is 13.7 Å². The molecule has 142 valence electrons. The maximum Gasteiger partial charge on any atom is 0.123 e. The van der Waals surface area contributed by atoms with Gasteiger partial charge in [-0.05, 0) is 66.4 Å². The molecule has 0 aliphatic heterocycles. The molecule has 0 unspecified atom stereocenters. The van der Waals surface area contributed by atoms with Crippen LogP contribution in [0, 0.1) is 29.5 Å². The van der Waals surface area contributed by atoms with Gasteiger partial charge in [-0.1, -0.05) is 43.5 Å². The molecule has 1 aromatic heterocycles. The molecular formula is C24H28FNO. The number of hydrogen-bond acceptors (Lipinski definition) is 2. The Hall–Kier alpha value is -2.00. The van der Waals surface area contributed by atoms with Crippen LogP contribution in [0.3, 0.4) is 0 Å². The maximum absolute atomic E-state index is 13.4. The maximum atomic E-state index is 13.4. The molecule has 2 aliphatic carbocycles. The van der Waals surface area contributed by atoms with Crippen molar-refractivity contribution in [1.29, 1.82) is 0 Å². The van der Waals surface area contributed by atoms with Crippen LogP contribution in [-0.4, -0.2) is 18.7 Å². The highest BCUT2D eigenvalue weighted by Gasteiger charge is 2.42. The van der Waals surface area contributed by atoms with Crippen LogP contribution in [-0.2, 0) is 4.74 Å². The zero-order valence-electron chi connectivity index (χ0n) is 16.0. The fourth-order valence-corrected chi connectivity index (χ4v) is 5.18. The van der Waals surface area contributed by atoms with E-state index in [0.29, 0.717) is 11.8 Å². The van der Waals surface area contributed by atoms with E-state index in [9.17, 15) is 4.39 Å². The number of methoxy groups -OCH3 is 1. The first-order valence-electron chi connectivity index (χ1n) is 10.1. The van der Waals surface area contributed by atoms with E-state index in [1.54, 1.807) is 12.1 Å². The summed E-state index contributed by atoms with van der Waals surface area (Å²) in [5, 5.41) is 0. The Morgan fingerprint density at radius 3 is 2.81 bits per heavy atom. The van der Waals surface area contributed by atoms with Gasteiger partial charge in [0.05, 0.1) is 5.69 Å². The second-order valence-electron chi connectivity index (χ2n) is 8.08. The van der Waals surface area contributed by atoms with Gasteiger partial charge in [0.15, 0.2) is 0 Å². The predicted molar refractivity (Wildman–Crippen MR) is 108 cm³/mol. The molecule has 0 radical (unpaired) electrons. The molecule has 27 heavy (non-hydrogen) atoms. The Morgan fingerprint density at radius 1 is 1.15 bits per heavy atom. The molecule has 1 aromatic carbocycles. The summed E-state index contributed by atoms with van der Waals surface area (Å²) >= 11 is 0. The van der Waals surface area contributed by atoms with Gasteiger partial charge in [0.1, 0.15) is 5.82 Å². The first-order valence-corrected chi connectivity index (χ1v) is 10.1. The Morgan fingerprint density at radius 2 is 2.04 bits per heavy atom. The fourth-order valence-electron chi connectivity index (χ4n) is 5.18. The first kappa shape index (κ1) is 18.4. The third-order valence-electron chi connectivity index (χ3n) is 6.43. The Balaban J connectivity index is 1.49. The molecular weight excluding hydrogens is 337 g/mol. The third-order valence-corrected chi connectivity index (χ3v) is 6.43. The summed E-state index contributed by atoms with van der Waals surface area (Å²) in [4.78, 5) is 4.58. The highest BCUT2D eigenvalue weighted by atomic mass is 19.1. The van der Waals surface area contributed by atoms with Crippen molar-refractivity contribution in [2.45, 2.75) is 32.1 Å². The number of fused-ring (bicyclic) bond motifs is 1. The zero-order valence-corrected chi connectivity index (χ0v) is 16.0. The average molecular weight is 365 g/mol. The van der Waals surface area contributed by atoms with Crippen LogP contribution in [0.5, 0.6) is 0 Å². The molecule has 2 aromatic rings. The van der Waals surface area contributed by atoms with Crippen molar-refractivity contribution >= 4 is 6.08 Å². The third kappa shape index (κ3) is 4.14. The van der Waals surface area contributed by atoms with Crippen molar-refractivity contribution in [3.05, 3.63) is 60.2 Å². The quantitative estimate of drug-likeness (QED) is 0.649. The van der Waals surface area contributed by atoms with E-state index in [1.807, 2.05) is 31.5 Å². The van der Waals surface area contributed by atoms with Gasteiger partial charge in [-0.25, -0.2) is 4.39 Å². The van der Waals surface area contributed by atoms with Crippen molar-refractivity contribution in [2.24, 2.45) is 23.7 Å². The molecule has 0 N–H and O–H groups in total. The highest BCUT2D eigenvalue weighted by Crippen LogP contribution is 2.49. The minimum Gasteiger partial charge on any atom is -0.384 e. The fraction of sp³-hybridized carbons (Fsp3) is 0.458. The molecule has 2 fully saturated rings. The van der Waals surface area contributed by atoms with Gasteiger partial charge in [0.25, 0.3) is 0 Å². The Bertz CT molecular complexity index is 785. The number of aromatic nitrogens is 1. The van der Waals surface area contributed by atoms with Gasteiger partial charge in [0.2, 0.25) is 0 Å². The van der Waals surface area contributed by atoms with Crippen LogP contribution in [0.4, 0.5) is 4.39 Å². The van der Waals surface area contributed by atoms with Gasteiger partial charge in [-0.15, -0.1) is 0 Å². The van der Waals surface area contributed by atoms with Crippen LogP contribution in [0.1, 0.15) is 37.8 Å². The summed E-state index contributed by atoms with van der Waals surface area (Å²) < 4.78 is 18.9. The number of nitrogens with zero attached hydrogens (tertiary/aromatic N) is 1. The molecule has 0 spiro atoms. The molecule has 4 rings (SSSR count). The Labute approximate surface area is 161 Å². The monoisotopic (exact) mass is 365 g/mol. The number of pyridine rings is 1. The van der Waals surface area contributed by atoms with Crippen LogP contribution in [0.15, 0.2) is 48.7 Å². The first-order chi connectivity index (χ1) is 13.2. The number of rotatable bonds is 5. The lowest BCUT2D eigenvalue weighted by molar-refractivity contribution is 0.136. The second-order valence-corrected chi connectivity index (χ2v) is 8.08. The van der Waals surface area contributed by atoms with E-state index in [4.69, 9.17) is 4.74 Å². The molecule has 2 nitrogen and oxygen atoms in total. The average Bonchev–Trinajstić information content (AvgIpc) is 3.04. The lowest BCUT2D eigenvalue weighted by atomic mass is 9.77.